The van der Waals surface area contributed by atoms with Gasteiger partial charge in [0.15, 0.2) is 5.82 Å². The molecule has 5 rings (SSSR count). The lowest BCUT2D eigenvalue weighted by Crippen LogP contribution is -2.37. The third-order valence-electron chi connectivity index (χ3n) is 6.23. The molecule has 0 unspecified atom stereocenters. The maximum atomic E-state index is 12.8. The van der Waals surface area contributed by atoms with Crippen molar-refractivity contribution in [2.75, 3.05) is 18.4 Å². The summed E-state index contributed by atoms with van der Waals surface area (Å²) in [6, 6.07) is 8.37. The van der Waals surface area contributed by atoms with Crippen LogP contribution >= 0.6 is 11.3 Å². The van der Waals surface area contributed by atoms with Gasteiger partial charge in [-0.15, -0.1) is 21.5 Å². The highest BCUT2D eigenvalue weighted by atomic mass is 32.1. The van der Waals surface area contributed by atoms with E-state index < -0.39 is 0 Å². The Morgan fingerprint density at radius 1 is 1.15 bits per heavy atom. The standard InChI is InChI=1S/C24H27N7OS/c1-15(2)31-8-6-16(7-9-31)24-26-21(14-33-24)23(32)27-22-11-18-10-17(4-5-20(18)28-29-22)19-12-25-30(3)13-19/h4-5,10-16H,6-9H2,1-3H3,(H,27,29,32). The number of carbonyl (C=O) groups is 1. The first-order chi connectivity index (χ1) is 16.0. The Morgan fingerprint density at radius 3 is 2.70 bits per heavy atom. The van der Waals surface area contributed by atoms with Gasteiger partial charge in [0.25, 0.3) is 5.91 Å². The molecule has 3 aromatic heterocycles. The average molecular weight is 462 g/mol. The van der Waals surface area contributed by atoms with Gasteiger partial charge in [0.1, 0.15) is 5.69 Å². The van der Waals surface area contributed by atoms with Crippen LogP contribution in [0.5, 0.6) is 0 Å². The van der Waals surface area contributed by atoms with Gasteiger partial charge in [-0.1, -0.05) is 6.07 Å². The Kier molecular flexibility index (Phi) is 5.90. The molecule has 0 spiro atoms. The van der Waals surface area contributed by atoms with E-state index in [1.807, 2.05) is 49.1 Å². The molecule has 4 heterocycles. The van der Waals surface area contributed by atoms with Crippen molar-refractivity contribution < 1.29 is 4.79 Å². The van der Waals surface area contributed by atoms with E-state index >= 15 is 0 Å². The van der Waals surface area contributed by atoms with Gasteiger partial charge in [-0.25, -0.2) is 4.98 Å². The lowest BCUT2D eigenvalue weighted by Gasteiger charge is -2.33. The topological polar surface area (TPSA) is 88.8 Å². The van der Waals surface area contributed by atoms with Crippen molar-refractivity contribution >= 4 is 34.0 Å². The smallest absolute Gasteiger partial charge is 0.276 e. The molecule has 1 fully saturated rings. The molecular weight excluding hydrogens is 434 g/mol. The summed E-state index contributed by atoms with van der Waals surface area (Å²) in [5.74, 6) is 0.586. The van der Waals surface area contributed by atoms with Crippen molar-refractivity contribution in [3.05, 3.63) is 52.7 Å². The van der Waals surface area contributed by atoms with Crippen LogP contribution < -0.4 is 5.32 Å². The van der Waals surface area contributed by atoms with E-state index in [4.69, 9.17) is 0 Å². The number of benzene rings is 1. The maximum Gasteiger partial charge on any atom is 0.276 e. The molecule has 1 saturated heterocycles. The Balaban J connectivity index is 1.29. The number of likely N-dealkylation sites (tertiary alicyclic amines) is 1. The van der Waals surface area contributed by atoms with Gasteiger partial charge in [0, 0.05) is 41.5 Å². The largest absolute Gasteiger partial charge is 0.304 e. The fraction of sp³-hybridized carbons (Fsp3) is 0.375. The number of aryl methyl sites for hydroxylation is 1. The van der Waals surface area contributed by atoms with Gasteiger partial charge in [0.2, 0.25) is 0 Å². The second-order valence-corrected chi connectivity index (χ2v) is 9.72. The molecule has 1 aliphatic heterocycles. The number of nitrogens with zero attached hydrogens (tertiary/aromatic N) is 6. The molecule has 1 amide bonds. The van der Waals surface area contributed by atoms with Crippen LogP contribution in [0.4, 0.5) is 5.82 Å². The summed E-state index contributed by atoms with van der Waals surface area (Å²) in [5, 5.41) is 19.3. The number of thiazole rings is 1. The minimum Gasteiger partial charge on any atom is -0.304 e. The molecule has 0 radical (unpaired) electrons. The van der Waals surface area contributed by atoms with E-state index in [1.54, 1.807) is 16.0 Å². The van der Waals surface area contributed by atoms with E-state index in [2.05, 4.69) is 44.3 Å². The van der Waals surface area contributed by atoms with Crippen LogP contribution in [0.3, 0.4) is 0 Å². The summed E-state index contributed by atoms with van der Waals surface area (Å²) in [6.45, 7) is 6.64. The van der Waals surface area contributed by atoms with Gasteiger partial charge < -0.3 is 10.2 Å². The van der Waals surface area contributed by atoms with Crippen LogP contribution in [0.25, 0.3) is 22.0 Å². The van der Waals surface area contributed by atoms with Crippen molar-refractivity contribution in [3.8, 4) is 11.1 Å². The number of nitrogens with one attached hydrogen (secondary N) is 1. The number of fused-ring (bicyclic) bond motifs is 1. The molecule has 9 heteroatoms. The molecule has 0 atom stereocenters. The summed E-state index contributed by atoms with van der Waals surface area (Å²) in [6.07, 6.45) is 5.96. The number of anilines is 1. The van der Waals surface area contributed by atoms with Gasteiger partial charge in [0.05, 0.1) is 16.7 Å². The average Bonchev–Trinajstić information content (AvgIpc) is 3.48. The first-order valence-electron chi connectivity index (χ1n) is 11.2. The third-order valence-corrected chi connectivity index (χ3v) is 7.24. The molecule has 170 valence electrons. The minimum absolute atomic E-state index is 0.255. The Hall–Kier alpha value is -3.17. The lowest BCUT2D eigenvalue weighted by molar-refractivity contribution is 0.102. The van der Waals surface area contributed by atoms with Gasteiger partial charge in [-0.05, 0) is 63.5 Å². The second kappa shape index (κ2) is 8.99. The number of aromatic nitrogens is 5. The van der Waals surface area contributed by atoms with Crippen molar-refractivity contribution in [1.29, 1.82) is 0 Å². The fourth-order valence-corrected chi connectivity index (χ4v) is 5.25. The van der Waals surface area contributed by atoms with E-state index in [0.29, 0.717) is 23.5 Å². The number of hydrogen-bond donors (Lipinski definition) is 1. The van der Waals surface area contributed by atoms with Crippen LogP contribution in [0.1, 0.15) is 48.1 Å². The van der Waals surface area contributed by atoms with E-state index in [9.17, 15) is 4.79 Å². The molecule has 0 aliphatic carbocycles. The summed E-state index contributed by atoms with van der Waals surface area (Å²) < 4.78 is 1.77. The molecule has 0 bridgehead atoms. The lowest BCUT2D eigenvalue weighted by atomic mass is 9.97. The number of hydrogen-bond acceptors (Lipinski definition) is 7. The minimum atomic E-state index is -0.255. The molecule has 4 aromatic rings. The molecule has 33 heavy (non-hydrogen) atoms. The highest BCUT2D eigenvalue weighted by Gasteiger charge is 2.25. The fourth-order valence-electron chi connectivity index (χ4n) is 4.28. The predicted molar refractivity (Wildman–Crippen MR) is 130 cm³/mol. The predicted octanol–water partition coefficient (Wildman–Crippen LogP) is 4.33. The third kappa shape index (κ3) is 4.65. The first kappa shape index (κ1) is 21.7. The van der Waals surface area contributed by atoms with Crippen molar-refractivity contribution in [2.24, 2.45) is 7.05 Å². The number of carbonyl (C=O) groups excluding carboxylic acids is 1. The molecular formula is C24H27N7OS. The van der Waals surface area contributed by atoms with Crippen LogP contribution in [0, 0.1) is 0 Å². The second-order valence-electron chi connectivity index (χ2n) is 8.83. The van der Waals surface area contributed by atoms with Crippen molar-refractivity contribution in [1.82, 2.24) is 29.9 Å². The molecule has 0 saturated carbocycles. The molecule has 1 aliphatic rings. The number of piperidine rings is 1. The summed E-state index contributed by atoms with van der Waals surface area (Å²) in [5.41, 5.74) is 3.26. The van der Waals surface area contributed by atoms with Gasteiger partial charge >= 0.3 is 0 Å². The maximum absolute atomic E-state index is 12.8. The zero-order valence-electron chi connectivity index (χ0n) is 19.0. The quantitative estimate of drug-likeness (QED) is 0.476. The summed E-state index contributed by atoms with van der Waals surface area (Å²) in [4.78, 5) is 20.0. The molecule has 8 nitrogen and oxygen atoms in total. The van der Waals surface area contributed by atoms with Crippen LogP contribution in [-0.2, 0) is 7.05 Å². The van der Waals surface area contributed by atoms with Crippen LogP contribution in [0.15, 0.2) is 42.0 Å². The van der Waals surface area contributed by atoms with Crippen molar-refractivity contribution in [3.63, 3.8) is 0 Å². The molecule has 1 aromatic carbocycles. The van der Waals surface area contributed by atoms with Crippen LogP contribution in [-0.4, -0.2) is 54.9 Å². The Labute approximate surface area is 196 Å². The summed E-state index contributed by atoms with van der Waals surface area (Å²) in [7, 11) is 1.89. The highest BCUT2D eigenvalue weighted by molar-refractivity contribution is 7.10. The van der Waals surface area contributed by atoms with Crippen molar-refractivity contribution in [2.45, 2.75) is 38.6 Å². The Bertz CT molecular complexity index is 1290. The normalized spacial score (nSPS) is 15.4. The first-order valence-corrected chi connectivity index (χ1v) is 12.1. The van der Waals surface area contributed by atoms with Crippen LogP contribution in [0.2, 0.25) is 0 Å². The van der Waals surface area contributed by atoms with Gasteiger partial charge in [-0.3, -0.25) is 9.48 Å². The van der Waals surface area contributed by atoms with E-state index in [0.717, 1.165) is 53.0 Å². The van der Waals surface area contributed by atoms with Gasteiger partial charge in [-0.2, -0.15) is 5.10 Å². The monoisotopic (exact) mass is 461 g/mol. The summed E-state index contributed by atoms with van der Waals surface area (Å²) >= 11 is 1.57. The number of rotatable bonds is 5. The van der Waals surface area contributed by atoms with E-state index in [-0.39, 0.29) is 5.91 Å². The van der Waals surface area contributed by atoms with E-state index in [1.165, 1.54) is 0 Å². The zero-order valence-corrected chi connectivity index (χ0v) is 19.8. The molecule has 1 N–H and O–H groups in total. The Morgan fingerprint density at radius 2 is 1.97 bits per heavy atom. The highest BCUT2D eigenvalue weighted by Crippen LogP contribution is 2.31. The zero-order chi connectivity index (χ0) is 22.9. The number of amides is 1. The SMILES string of the molecule is CC(C)N1CCC(c2nc(C(=O)Nc3cc4cc(-c5cnn(C)c5)ccc4nn3)cs2)CC1.